The summed E-state index contributed by atoms with van der Waals surface area (Å²) in [4.78, 5) is 11.2. The summed E-state index contributed by atoms with van der Waals surface area (Å²) in [7, 11) is 3.25. The fourth-order valence-corrected chi connectivity index (χ4v) is 1.82. The summed E-state index contributed by atoms with van der Waals surface area (Å²) in [6.45, 7) is 6.37. The second kappa shape index (κ2) is 9.23. The van der Waals surface area contributed by atoms with Crippen LogP contribution in [0.4, 0.5) is 0 Å². The van der Waals surface area contributed by atoms with E-state index in [9.17, 15) is 4.79 Å². The third-order valence-electron chi connectivity index (χ3n) is 3.01. The highest BCUT2D eigenvalue weighted by atomic mass is 16.5. The number of hydrogen-bond donors (Lipinski definition) is 2. The first-order valence-corrected chi connectivity index (χ1v) is 7.27. The van der Waals surface area contributed by atoms with Gasteiger partial charge in [-0.15, -0.1) is 0 Å². The van der Waals surface area contributed by atoms with Crippen molar-refractivity contribution in [2.24, 2.45) is 5.92 Å². The van der Waals surface area contributed by atoms with Crippen LogP contribution in [0.5, 0.6) is 11.5 Å². The van der Waals surface area contributed by atoms with Gasteiger partial charge >= 0.3 is 0 Å². The molecule has 0 heterocycles. The van der Waals surface area contributed by atoms with Crippen molar-refractivity contribution in [2.75, 3.05) is 27.3 Å². The van der Waals surface area contributed by atoms with Gasteiger partial charge in [-0.3, -0.25) is 4.79 Å². The van der Waals surface area contributed by atoms with Gasteiger partial charge in [-0.25, -0.2) is 0 Å². The van der Waals surface area contributed by atoms with Gasteiger partial charge in [0.25, 0.3) is 0 Å². The normalized spacial score (nSPS) is 10.5. The quantitative estimate of drug-likeness (QED) is 0.731. The zero-order chi connectivity index (χ0) is 15.7. The van der Waals surface area contributed by atoms with Gasteiger partial charge in [0.05, 0.1) is 20.1 Å². The lowest BCUT2D eigenvalue weighted by Gasteiger charge is -2.14. The van der Waals surface area contributed by atoms with Crippen molar-refractivity contribution in [3.8, 4) is 11.5 Å². The first-order valence-electron chi connectivity index (χ1n) is 7.27. The number of methoxy groups -OCH3 is 1. The number of carbonyl (C=O) groups is 1. The zero-order valence-electron chi connectivity index (χ0n) is 13.4. The molecule has 0 fully saturated rings. The molecule has 5 nitrogen and oxygen atoms in total. The van der Waals surface area contributed by atoms with E-state index in [2.05, 4.69) is 24.5 Å². The molecular formula is C16H26N2O3. The Morgan fingerprint density at radius 1 is 1.33 bits per heavy atom. The molecule has 0 aliphatic heterocycles. The Bertz CT molecular complexity index is 447. The molecule has 0 radical (unpaired) electrons. The molecule has 1 rings (SSSR count). The Kier molecular flexibility index (Phi) is 7.61. The van der Waals surface area contributed by atoms with Crippen LogP contribution in [0.1, 0.15) is 25.8 Å². The SMILES string of the molecule is CNC(=O)CCOc1cc(OC)ccc1CNCC(C)C. The fourth-order valence-electron chi connectivity index (χ4n) is 1.82. The number of carbonyl (C=O) groups excluding carboxylic acids is 1. The monoisotopic (exact) mass is 294 g/mol. The van der Waals surface area contributed by atoms with E-state index in [4.69, 9.17) is 9.47 Å². The summed E-state index contributed by atoms with van der Waals surface area (Å²) >= 11 is 0. The van der Waals surface area contributed by atoms with Gasteiger partial charge in [-0.05, 0) is 18.5 Å². The number of rotatable bonds is 9. The molecule has 0 saturated heterocycles. The Hall–Kier alpha value is -1.75. The van der Waals surface area contributed by atoms with Crippen LogP contribution in [0, 0.1) is 5.92 Å². The third-order valence-corrected chi connectivity index (χ3v) is 3.01. The lowest BCUT2D eigenvalue weighted by molar-refractivity contribution is -0.121. The molecule has 0 aliphatic rings. The van der Waals surface area contributed by atoms with E-state index >= 15 is 0 Å². The first kappa shape index (κ1) is 17.3. The highest BCUT2D eigenvalue weighted by Crippen LogP contribution is 2.25. The second-order valence-corrected chi connectivity index (χ2v) is 5.27. The standard InChI is InChI=1S/C16H26N2O3/c1-12(2)10-18-11-13-5-6-14(20-4)9-15(13)21-8-7-16(19)17-3/h5-6,9,12,18H,7-8,10-11H2,1-4H3,(H,17,19). The van der Waals surface area contributed by atoms with E-state index in [0.717, 1.165) is 30.2 Å². The van der Waals surface area contributed by atoms with Crippen LogP contribution in [0.2, 0.25) is 0 Å². The number of hydrogen-bond acceptors (Lipinski definition) is 4. The van der Waals surface area contributed by atoms with Crippen LogP contribution in [0.15, 0.2) is 18.2 Å². The Morgan fingerprint density at radius 3 is 2.71 bits per heavy atom. The molecule has 0 unspecified atom stereocenters. The summed E-state index contributed by atoms with van der Waals surface area (Å²) < 4.78 is 11.0. The topological polar surface area (TPSA) is 59.6 Å². The summed E-state index contributed by atoms with van der Waals surface area (Å²) in [5.41, 5.74) is 1.06. The van der Waals surface area contributed by atoms with E-state index in [-0.39, 0.29) is 5.91 Å². The molecule has 2 N–H and O–H groups in total. The van der Waals surface area contributed by atoms with Crippen LogP contribution in [0.3, 0.4) is 0 Å². The highest BCUT2D eigenvalue weighted by Gasteiger charge is 2.07. The number of benzene rings is 1. The molecule has 21 heavy (non-hydrogen) atoms. The van der Waals surface area contributed by atoms with Crippen LogP contribution < -0.4 is 20.1 Å². The van der Waals surface area contributed by atoms with E-state index in [1.807, 2.05) is 18.2 Å². The maximum atomic E-state index is 11.2. The van der Waals surface area contributed by atoms with Crippen molar-refractivity contribution in [3.63, 3.8) is 0 Å². The maximum Gasteiger partial charge on any atom is 0.223 e. The molecule has 1 aromatic rings. The lowest BCUT2D eigenvalue weighted by Crippen LogP contribution is -2.21. The largest absolute Gasteiger partial charge is 0.497 e. The van der Waals surface area contributed by atoms with E-state index in [1.165, 1.54) is 0 Å². The average molecular weight is 294 g/mol. The van der Waals surface area contributed by atoms with E-state index in [0.29, 0.717) is 18.9 Å². The zero-order valence-corrected chi connectivity index (χ0v) is 13.4. The average Bonchev–Trinajstić information content (AvgIpc) is 2.47. The van der Waals surface area contributed by atoms with Crippen LogP contribution >= 0.6 is 0 Å². The molecule has 0 atom stereocenters. The van der Waals surface area contributed by atoms with Gasteiger partial charge in [0, 0.05) is 25.2 Å². The van der Waals surface area contributed by atoms with Crippen molar-refractivity contribution >= 4 is 5.91 Å². The molecule has 5 heteroatoms. The van der Waals surface area contributed by atoms with Gasteiger partial charge in [0.1, 0.15) is 11.5 Å². The van der Waals surface area contributed by atoms with Crippen molar-refractivity contribution < 1.29 is 14.3 Å². The fraction of sp³-hybridized carbons (Fsp3) is 0.562. The maximum absolute atomic E-state index is 11.2. The predicted molar refractivity (Wildman–Crippen MR) is 83.7 cm³/mol. The molecule has 0 saturated carbocycles. The van der Waals surface area contributed by atoms with Crippen molar-refractivity contribution in [1.82, 2.24) is 10.6 Å². The summed E-state index contributed by atoms with van der Waals surface area (Å²) in [5, 5.41) is 5.97. The summed E-state index contributed by atoms with van der Waals surface area (Å²) in [5.74, 6) is 2.07. The number of nitrogens with one attached hydrogen (secondary N) is 2. The van der Waals surface area contributed by atoms with Crippen molar-refractivity contribution in [3.05, 3.63) is 23.8 Å². The minimum absolute atomic E-state index is 0.0302. The van der Waals surface area contributed by atoms with E-state index in [1.54, 1.807) is 14.2 Å². The van der Waals surface area contributed by atoms with Crippen LogP contribution in [-0.2, 0) is 11.3 Å². The van der Waals surface area contributed by atoms with E-state index < -0.39 is 0 Å². The van der Waals surface area contributed by atoms with Gasteiger partial charge < -0.3 is 20.1 Å². The third kappa shape index (κ3) is 6.49. The first-order chi connectivity index (χ1) is 10.1. The van der Waals surface area contributed by atoms with Gasteiger partial charge in [0.2, 0.25) is 5.91 Å². The van der Waals surface area contributed by atoms with Gasteiger partial charge in [-0.2, -0.15) is 0 Å². The molecular weight excluding hydrogens is 268 g/mol. The second-order valence-electron chi connectivity index (χ2n) is 5.27. The summed E-state index contributed by atoms with van der Waals surface area (Å²) in [6.07, 6.45) is 0.340. The Labute approximate surface area is 127 Å². The smallest absolute Gasteiger partial charge is 0.223 e. The van der Waals surface area contributed by atoms with Gasteiger partial charge in [-0.1, -0.05) is 19.9 Å². The van der Waals surface area contributed by atoms with Crippen LogP contribution in [-0.4, -0.2) is 33.2 Å². The Morgan fingerprint density at radius 2 is 2.10 bits per heavy atom. The van der Waals surface area contributed by atoms with Crippen molar-refractivity contribution in [1.29, 1.82) is 0 Å². The molecule has 1 aromatic carbocycles. The highest BCUT2D eigenvalue weighted by molar-refractivity contribution is 5.75. The minimum Gasteiger partial charge on any atom is -0.497 e. The molecule has 0 aromatic heterocycles. The molecule has 0 aliphatic carbocycles. The molecule has 0 bridgehead atoms. The number of ether oxygens (including phenoxy) is 2. The number of amides is 1. The van der Waals surface area contributed by atoms with Crippen molar-refractivity contribution in [2.45, 2.75) is 26.8 Å². The Balaban J connectivity index is 2.65. The minimum atomic E-state index is -0.0302. The molecule has 118 valence electrons. The lowest BCUT2D eigenvalue weighted by atomic mass is 10.1. The molecule has 1 amide bonds. The van der Waals surface area contributed by atoms with Gasteiger partial charge in [0.15, 0.2) is 0 Å². The predicted octanol–water partition coefficient (Wildman–Crippen LogP) is 1.96. The molecule has 0 spiro atoms. The summed E-state index contributed by atoms with van der Waals surface area (Å²) in [6, 6.07) is 5.76. The van der Waals surface area contributed by atoms with Crippen LogP contribution in [0.25, 0.3) is 0 Å².